The van der Waals surface area contributed by atoms with Crippen LogP contribution in [-0.4, -0.2) is 29.4 Å². The highest BCUT2D eigenvalue weighted by Crippen LogP contribution is 2.32. The summed E-state index contributed by atoms with van der Waals surface area (Å²) >= 11 is 0. The van der Waals surface area contributed by atoms with Crippen molar-refractivity contribution in [2.75, 3.05) is 6.54 Å². The summed E-state index contributed by atoms with van der Waals surface area (Å²) in [5, 5.41) is 0. The van der Waals surface area contributed by atoms with Gasteiger partial charge in [0.15, 0.2) is 0 Å². The number of amides is 1. The van der Waals surface area contributed by atoms with Gasteiger partial charge in [-0.2, -0.15) is 0 Å². The van der Waals surface area contributed by atoms with Gasteiger partial charge in [0.25, 0.3) is 0 Å². The molecule has 1 aromatic rings. The van der Waals surface area contributed by atoms with Crippen molar-refractivity contribution in [2.24, 2.45) is 11.7 Å². The number of rotatable bonds is 5. The van der Waals surface area contributed by atoms with Gasteiger partial charge in [-0.1, -0.05) is 18.6 Å². The third-order valence-corrected chi connectivity index (χ3v) is 4.87. The van der Waals surface area contributed by atoms with Gasteiger partial charge >= 0.3 is 0 Å². The third kappa shape index (κ3) is 3.86. The van der Waals surface area contributed by atoms with Gasteiger partial charge in [0, 0.05) is 24.5 Å². The molecule has 2 atom stereocenters. The predicted octanol–water partition coefficient (Wildman–Crippen LogP) is 2.88. The van der Waals surface area contributed by atoms with E-state index in [0.717, 1.165) is 50.5 Å². The van der Waals surface area contributed by atoms with Crippen molar-refractivity contribution in [3.8, 4) is 0 Å². The molecule has 0 saturated heterocycles. The second-order valence-electron chi connectivity index (χ2n) is 6.77. The zero-order valence-corrected chi connectivity index (χ0v) is 13.0. The summed E-state index contributed by atoms with van der Waals surface area (Å²) in [5.74, 6) is 0.158. The van der Waals surface area contributed by atoms with Crippen LogP contribution >= 0.6 is 0 Å². The topological polar surface area (TPSA) is 46.3 Å². The molecule has 2 unspecified atom stereocenters. The normalized spacial score (nSPS) is 25.0. The Morgan fingerprint density at radius 3 is 2.77 bits per heavy atom. The Hall–Kier alpha value is -1.42. The highest BCUT2D eigenvalue weighted by atomic mass is 19.1. The molecule has 2 saturated carbocycles. The summed E-state index contributed by atoms with van der Waals surface area (Å²) in [7, 11) is 0. The molecule has 0 aliphatic heterocycles. The summed E-state index contributed by atoms with van der Waals surface area (Å²) < 4.78 is 13.3. The van der Waals surface area contributed by atoms with Crippen molar-refractivity contribution in [3.05, 3.63) is 35.6 Å². The van der Waals surface area contributed by atoms with Crippen LogP contribution in [0.2, 0.25) is 0 Å². The first-order valence-electron chi connectivity index (χ1n) is 8.44. The molecule has 0 radical (unpaired) electrons. The molecule has 0 aromatic heterocycles. The lowest BCUT2D eigenvalue weighted by molar-refractivity contribution is -0.137. The zero-order chi connectivity index (χ0) is 15.5. The van der Waals surface area contributed by atoms with Crippen LogP contribution in [0, 0.1) is 11.7 Å². The molecule has 2 fully saturated rings. The van der Waals surface area contributed by atoms with Gasteiger partial charge in [0.1, 0.15) is 5.82 Å². The first kappa shape index (κ1) is 15.5. The molecule has 1 aromatic carbocycles. The number of hydrogen-bond donors (Lipinski definition) is 1. The fourth-order valence-electron chi connectivity index (χ4n) is 3.49. The minimum atomic E-state index is -0.208. The van der Waals surface area contributed by atoms with Gasteiger partial charge in [0.05, 0.1) is 0 Å². The Labute approximate surface area is 131 Å². The Kier molecular flexibility index (Phi) is 4.77. The average molecular weight is 304 g/mol. The second kappa shape index (κ2) is 6.78. The molecule has 22 heavy (non-hydrogen) atoms. The number of nitrogens with two attached hydrogens (primary N) is 1. The van der Waals surface area contributed by atoms with Gasteiger partial charge in [0.2, 0.25) is 5.91 Å². The fourth-order valence-corrected chi connectivity index (χ4v) is 3.49. The average Bonchev–Trinajstić information content (AvgIpc) is 3.32. The molecule has 2 aliphatic carbocycles. The number of halogens is 1. The maximum atomic E-state index is 13.3. The molecule has 3 rings (SSSR count). The van der Waals surface area contributed by atoms with E-state index in [4.69, 9.17) is 5.73 Å². The molecule has 0 bridgehead atoms. The quantitative estimate of drug-likeness (QED) is 0.909. The van der Waals surface area contributed by atoms with Gasteiger partial charge in [-0.25, -0.2) is 4.39 Å². The molecular weight excluding hydrogens is 279 g/mol. The summed E-state index contributed by atoms with van der Waals surface area (Å²) in [4.78, 5) is 14.8. The Bertz CT molecular complexity index is 530. The molecule has 0 heterocycles. The summed E-state index contributed by atoms with van der Waals surface area (Å²) in [5.41, 5.74) is 6.98. The van der Waals surface area contributed by atoms with Gasteiger partial charge in [-0.3, -0.25) is 4.79 Å². The van der Waals surface area contributed by atoms with Crippen molar-refractivity contribution >= 4 is 5.91 Å². The Balaban J connectivity index is 1.61. The smallest absolute Gasteiger partial charge is 0.225 e. The Morgan fingerprint density at radius 2 is 2.09 bits per heavy atom. The van der Waals surface area contributed by atoms with E-state index in [1.54, 1.807) is 12.1 Å². The second-order valence-corrected chi connectivity index (χ2v) is 6.77. The minimum Gasteiger partial charge on any atom is -0.339 e. The van der Waals surface area contributed by atoms with Gasteiger partial charge in [-0.05, 0) is 56.2 Å². The highest BCUT2D eigenvalue weighted by molar-refractivity contribution is 5.79. The molecule has 2 N–H and O–H groups in total. The SMILES string of the molecule is NC1CCCC(C(=O)N(CCc2cccc(F)c2)C2CC2)C1. The van der Waals surface area contributed by atoms with Crippen LogP contribution in [0.4, 0.5) is 4.39 Å². The largest absolute Gasteiger partial charge is 0.339 e. The fraction of sp³-hybridized carbons (Fsp3) is 0.611. The third-order valence-electron chi connectivity index (χ3n) is 4.87. The number of carbonyl (C=O) groups excluding carboxylic acids is 1. The Morgan fingerprint density at radius 1 is 1.27 bits per heavy atom. The minimum absolute atomic E-state index is 0.0943. The van der Waals surface area contributed by atoms with Crippen LogP contribution in [0.5, 0.6) is 0 Å². The standard InChI is InChI=1S/C18H25FN2O/c19-15-5-1-3-13(11-15)9-10-21(17-7-8-17)18(22)14-4-2-6-16(20)12-14/h1,3,5,11,14,16-17H,2,4,6-10,12,20H2. The van der Waals surface area contributed by atoms with Crippen LogP contribution in [0.15, 0.2) is 24.3 Å². The first-order chi connectivity index (χ1) is 10.6. The van der Waals surface area contributed by atoms with E-state index in [1.807, 2.05) is 11.0 Å². The molecule has 1 amide bonds. The van der Waals surface area contributed by atoms with E-state index in [0.29, 0.717) is 12.6 Å². The van der Waals surface area contributed by atoms with E-state index < -0.39 is 0 Å². The first-order valence-corrected chi connectivity index (χ1v) is 8.44. The monoisotopic (exact) mass is 304 g/mol. The van der Waals surface area contributed by atoms with Crippen LogP contribution < -0.4 is 5.73 Å². The van der Waals surface area contributed by atoms with E-state index in [-0.39, 0.29) is 23.7 Å². The van der Waals surface area contributed by atoms with Crippen molar-refractivity contribution in [1.29, 1.82) is 0 Å². The number of hydrogen-bond acceptors (Lipinski definition) is 2. The van der Waals surface area contributed by atoms with E-state index in [1.165, 1.54) is 6.07 Å². The van der Waals surface area contributed by atoms with Gasteiger partial charge < -0.3 is 10.6 Å². The van der Waals surface area contributed by atoms with Crippen molar-refractivity contribution in [2.45, 2.75) is 57.0 Å². The lowest BCUT2D eigenvalue weighted by Gasteiger charge is -2.31. The van der Waals surface area contributed by atoms with E-state index in [2.05, 4.69) is 0 Å². The lowest BCUT2D eigenvalue weighted by atomic mass is 9.85. The molecule has 4 heteroatoms. The van der Waals surface area contributed by atoms with Crippen molar-refractivity contribution < 1.29 is 9.18 Å². The van der Waals surface area contributed by atoms with E-state index in [9.17, 15) is 9.18 Å². The molecule has 120 valence electrons. The number of carbonyl (C=O) groups is 1. The summed E-state index contributed by atoms with van der Waals surface area (Å²) in [6.07, 6.45) is 6.81. The van der Waals surface area contributed by atoms with Crippen LogP contribution in [-0.2, 0) is 11.2 Å². The molecule has 0 spiro atoms. The number of benzene rings is 1. The van der Waals surface area contributed by atoms with Crippen LogP contribution in [0.1, 0.15) is 44.1 Å². The van der Waals surface area contributed by atoms with Crippen LogP contribution in [0.3, 0.4) is 0 Å². The van der Waals surface area contributed by atoms with Crippen molar-refractivity contribution in [3.63, 3.8) is 0 Å². The van der Waals surface area contributed by atoms with Crippen molar-refractivity contribution in [1.82, 2.24) is 4.90 Å². The molecule has 2 aliphatic rings. The van der Waals surface area contributed by atoms with Crippen LogP contribution in [0.25, 0.3) is 0 Å². The number of nitrogens with zero attached hydrogens (tertiary/aromatic N) is 1. The predicted molar refractivity (Wildman–Crippen MR) is 84.8 cm³/mol. The highest BCUT2D eigenvalue weighted by Gasteiger charge is 2.36. The maximum Gasteiger partial charge on any atom is 0.225 e. The maximum absolute atomic E-state index is 13.3. The summed E-state index contributed by atoms with van der Waals surface area (Å²) in [6, 6.07) is 7.25. The summed E-state index contributed by atoms with van der Waals surface area (Å²) in [6.45, 7) is 0.693. The van der Waals surface area contributed by atoms with Gasteiger partial charge in [-0.15, -0.1) is 0 Å². The lowest BCUT2D eigenvalue weighted by Crippen LogP contribution is -2.42. The molecule has 3 nitrogen and oxygen atoms in total. The molecular formula is C18H25FN2O. The van der Waals surface area contributed by atoms with E-state index >= 15 is 0 Å². The zero-order valence-electron chi connectivity index (χ0n) is 13.0.